The summed E-state index contributed by atoms with van der Waals surface area (Å²) in [5.74, 6) is 0.954. The van der Waals surface area contributed by atoms with Crippen LogP contribution in [0.5, 0.6) is 5.75 Å². The maximum absolute atomic E-state index is 9.72. The minimum atomic E-state index is 0.453. The first-order valence-corrected chi connectivity index (χ1v) is 4.78. The Bertz CT molecular complexity index is 283. The molecule has 1 aliphatic heterocycles. The minimum absolute atomic E-state index is 0.453. The van der Waals surface area contributed by atoms with Gasteiger partial charge in [0.05, 0.1) is 0 Å². The average molecular weight is 177 g/mol. The summed E-state index contributed by atoms with van der Waals surface area (Å²) in [6.45, 7) is 4.13. The van der Waals surface area contributed by atoms with Crippen molar-refractivity contribution in [2.24, 2.45) is 0 Å². The third-order valence-electron chi connectivity index (χ3n) is 2.77. The second kappa shape index (κ2) is 3.38. The van der Waals surface area contributed by atoms with Gasteiger partial charge in [-0.05, 0) is 31.5 Å². The molecule has 0 saturated carbocycles. The number of nitrogens with one attached hydrogen (secondary N) is 1. The molecule has 1 aromatic carbocycles. The molecule has 1 heterocycles. The van der Waals surface area contributed by atoms with E-state index in [4.69, 9.17) is 0 Å². The van der Waals surface area contributed by atoms with Crippen molar-refractivity contribution < 1.29 is 5.11 Å². The molecule has 0 amide bonds. The zero-order valence-electron chi connectivity index (χ0n) is 7.88. The van der Waals surface area contributed by atoms with E-state index < -0.39 is 0 Å². The van der Waals surface area contributed by atoms with Crippen LogP contribution in [0.15, 0.2) is 18.2 Å². The number of phenolic OH excluding ortho intramolecular Hbond substituents is 1. The van der Waals surface area contributed by atoms with Gasteiger partial charge >= 0.3 is 0 Å². The highest BCUT2D eigenvalue weighted by atomic mass is 16.3. The Hall–Kier alpha value is -1.02. The van der Waals surface area contributed by atoms with Crippen LogP contribution in [0.2, 0.25) is 0 Å². The Kier molecular flexibility index (Phi) is 2.23. The lowest BCUT2D eigenvalue weighted by molar-refractivity contribution is 0.462. The maximum atomic E-state index is 9.72. The first-order chi connectivity index (χ1) is 6.29. The molecule has 2 heteroatoms. The molecule has 1 atom stereocenters. The van der Waals surface area contributed by atoms with Gasteiger partial charge in [-0.1, -0.05) is 12.1 Å². The van der Waals surface area contributed by atoms with E-state index in [0.717, 1.165) is 25.1 Å². The number of rotatable bonds is 1. The van der Waals surface area contributed by atoms with E-state index in [2.05, 4.69) is 18.3 Å². The number of hydrogen-bond donors (Lipinski definition) is 2. The van der Waals surface area contributed by atoms with Gasteiger partial charge in [0.1, 0.15) is 5.75 Å². The molecule has 1 saturated heterocycles. The van der Waals surface area contributed by atoms with Gasteiger partial charge < -0.3 is 10.4 Å². The second-order valence-corrected chi connectivity index (χ2v) is 3.70. The van der Waals surface area contributed by atoms with Crippen LogP contribution in [0.3, 0.4) is 0 Å². The number of phenols is 1. The van der Waals surface area contributed by atoms with Gasteiger partial charge in [-0.3, -0.25) is 0 Å². The summed E-state index contributed by atoms with van der Waals surface area (Å²) in [6.07, 6.45) is 1.14. The van der Waals surface area contributed by atoms with Crippen molar-refractivity contribution in [3.63, 3.8) is 0 Å². The summed E-state index contributed by atoms with van der Waals surface area (Å²) in [4.78, 5) is 0. The van der Waals surface area contributed by atoms with Crippen LogP contribution in [0, 0.1) is 6.92 Å². The topological polar surface area (TPSA) is 32.3 Å². The zero-order valence-corrected chi connectivity index (χ0v) is 7.88. The molecule has 0 unspecified atom stereocenters. The van der Waals surface area contributed by atoms with Gasteiger partial charge in [0.15, 0.2) is 0 Å². The van der Waals surface area contributed by atoms with Crippen molar-refractivity contribution in [2.75, 3.05) is 13.1 Å². The van der Waals surface area contributed by atoms with Gasteiger partial charge in [0, 0.05) is 18.0 Å². The number of hydrogen-bond acceptors (Lipinski definition) is 2. The monoisotopic (exact) mass is 177 g/mol. The van der Waals surface area contributed by atoms with Crippen LogP contribution >= 0.6 is 0 Å². The highest BCUT2D eigenvalue weighted by molar-refractivity contribution is 5.41. The average Bonchev–Trinajstić information content (AvgIpc) is 2.57. The van der Waals surface area contributed by atoms with Crippen molar-refractivity contribution in [2.45, 2.75) is 19.3 Å². The first-order valence-electron chi connectivity index (χ1n) is 4.78. The van der Waals surface area contributed by atoms with Gasteiger partial charge in [0.2, 0.25) is 0 Å². The Balaban J connectivity index is 2.37. The van der Waals surface area contributed by atoms with Crippen molar-refractivity contribution >= 4 is 0 Å². The number of aromatic hydroxyl groups is 1. The van der Waals surface area contributed by atoms with E-state index in [0.29, 0.717) is 11.7 Å². The molecule has 0 aromatic heterocycles. The first kappa shape index (κ1) is 8.57. The third-order valence-corrected chi connectivity index (χ3v) is 2.77. The largest absolute Gasteiger partial charge is 0.508 e. The van der Waals surface area contributed by atoms with Gasteiger partial charge in [-0.2, -0.15) is 0 Å². The Morgan fingerprint density at radius 3 is 2.92 bits per heavy atom. The standard InChI is InChI=1S/C11H15NO/c1-8-3-2-4-10(13)11(8)9-5-6-12-7-9/h2-4,9,12-13H,5-7H2,1H3/t9-/m0/s1. The van der Waals surface area contributed by atoms with E-state index in [-0.39, 0.29) is 0 Å². The van der Waals surface area contributed by atoms with Crippen molar-refractivity contribution in [1.29, 1.82) is 0 Å². The van der Waals surface area contributed by atoms with Crippen molar-refractivity contribution in [1.82, 2.24) is 5.32 Å². The third kappa shape index (κ3) is 1.54. The Morgan fingerprint density at radius 2 is 2.31 bits per heavy atom. The summed E-state index contributed by atoms with van der Waals surface area (Å²) in [5.41, 5.74) is 2.33. The number of aryl methyl sites for hydroxylation is 1. The smallest absolute Gasteiger partial charge is 0.119 e. The van der Waals surface area contributed by atoms with Crippen molar-refractivity contribution in [3.8, 4) is 5.75 Å². The lowest BCUT2D eigenvalue weighted by atomic mass is 9.93. The molecule has 13 heavy (non-hydrogen) atoms. The normalized spacial score (nSPS) is 22.1. The molecule has 2 rings (SSSR count). The number of benzene rings is 1. The quantitative estimate of drug-likeness (QED) is 0.685. The summed E-state index contributed by atoms with van der Waals surface area (Å²) in [5, 5.41) is 13.0. The summed E-state index contributed by atoms with van der Waals surface area (Å²) in [7, 11) is 0. The highest BCUT2D eigenvalue weighted by Crippen LogP contribution is 2.32. The maximum Gasteiger partial charge on any atom is 0.119 e. The molecule has 1 aliphatic rings. The van der Waals surface area contributed by atoms with Gasteiger partial charge in [-0.15, -0.1) is 0 Å². The van der Waals surface area contributed by atoms with E-state index in [1.165, 1.54) is 5.56 Å². The molecule has 0 aliphatic carbocycles. The van der Waals surface area contributed by atoms with Crippen LogP contribution in [-0.2, 0) is 0 Å². The fourth-order valence-corrected chi connectivity index (χ4v) is 2.10. The van der Waals surface area contributed by atoms with Crippen LogP contribution in [0.1, 0.15) is 23.5 Å². The predicted octanol–water partition coefficient (Wildman–Crippen LogP) is 1.78. The Morgan fingerprint density at radius 1 is 1.46 bits per heavy atom. The summed E-state index contributed by atoms with van der Waals surface area (Å²) in [6, 6.07) is 5.74. The molecule has 0 radical (unpaired) electrons. The second-order valence-electron chi connectivity index (χ2n) is 3.70. The molecule has 70 valence electrons. The summed E-state index contributed by atoms with van der Waals surface area (Å²) < 4.78 is 0. The minimum Gasteiger partial charge on any atom is -0.508 e. The van der Waals surface area contributed by atoms with Crippen LogP contribution in [0.25, 0.3) is 0 Å². The molecule has 2 nitrogen and oxygen atoms in total. The fraction of sp³-hybridized carbons (Fsp3) is 0.455. The highest BCUT2D eigenvalue weighted by Gasteiger charge is 2.20. The lowest BCUT2D eigenvalue weighted by Gasteiger charge is -2.13. The predicted molar refractivity (Wildman–Crippen MR) is 53.1 cm³/mol. The SMILES string of the molecule is Cc1cccc(O)c1[C@H]1CCNC1. The lowest BCUT2D eigenvalue weighted by Crippen LogP contribution is -2.08. The molecular weight excluding hydrogens is 162 g/mol. The summed E-state index contributed by atoms with van der Waals surface area (Å²) >= 11 is 0. The molecular formula is C11H15NO. The molecule has 2 N–H and O–H groups in total. The molecule has 0 spiro atoms. The van der Waals surface area contributed by atoms with Crippen LogP contribution in [0.4, 0.5) is 0 Å². The fourth-order valence-electron chi connectivity index (χ4n) is 2.10. The van der Waals surface area contributed by atoms with Gasteiger partial charge in [-0.25, -0.2) is 0 Å². The molecule has 0 bridgehead atoms. The molecule has 1 aromatic rings. The van der Waals surface area contributed by atoms with E-state index in [1.54, 1.807) is 6.07 Å². The van der Waals surface area contributed by atoms with Crippen LogP contribution < -0.4 is 5.32 Å². The van der Waals surface area contributed by atoms with E-state index >= 15 is 0 Å². The van der Waals surface area contributed by atoms with Gasteiger partial charge in [0.25, 0.3) is 0 Å². The molecule has 1 fully saturated rings. The van der Waals surface area contributed by atoms with E-state index in [1.807, 2.05) is 6.07 Å². The van der Waals surface area contributed by atoms with Crippen LogP contribution in [-0.4, -0.2) is 18.2 Å². The zero-order chi connectivity index (χ0) is 9.26. The van der Waals surface area contributed by atoms with Crippen molar-refractivity contribution in [3.05, 3.63) is 29.3 Å². The van der Waals surface area contributed by atoms with E-state index in [9.17, 15) is 5.11 Å². The Labute approximate surface area is 78.6 Å².